The third-order valence-electron chi connectivity index (χ3n) is 4.75. The summed E-state index contributed by atoms with van der Waals surface area (Å²) in [5.41, 5.74) is 0.727. The molecule has 6 nitrogen and oxygen atoms in total. The number of rotatable bonds is 8. The van der Waals surface area contributed by atoms with Gasteiger partial charge >= 0.3 is 0 Å². The molecule has 1 fully saturated rings. The van der Waals surface area contributed by atoms with Crippen molar-refractivity contribution in [2.24, 2.45) is 5.92 Å². The quantitative estimate of drug-likeness (QED) is 0.765. The lowest BCUT2D eigenvalue weighted by Crippen LogP contribution is -2.38. The van der Waals surface area contributed by atoms with Gasteiger partial charge in [0.15, 0.2) is 0 Å². The first-order chi connectivity index (χ1) is 12.5. The molecular formula is C19H26N2O4S. The molecule has 7 heteroatoms. The number of benzene rings is 1. The van der Waals surface area contributed by atoms with E-state index in [-0.39, 0.29) is 5.75 Å². The van der Waals surface area contributed by atoms with E-state index in [0.29, 0.717) is 18.2 Å². The Hall–Kier alpha value is -1.83. The lowest BCUT2D eigenvalue weighted by atomic mass is 9.97. The average molecular weight is 378 g/mol. The summed E-state index contributed by atoms with van der Waals surface area (Å²) in [6.07, 6.45) is 3.67. The molecule has 1 aliphatic heterocycles. The molecule has 0 unspecified atom stereocenters. The molecule has 0 radical (unpaired) electrons. The Bertz CT molecular complexity index is 782. The number of hydrogen-bond donors (Lipinski definition) is 1. The number of likely N-dealkylation sites (tertiary alicyclic amines) is 1. The van der Waals surface area contributed by atoms with E-state index in [1.807, 2.05) is 12.1 Å². The van der Waals surface area contributed by atoms with Gasteiger partial charge < -0.3 is 9.15 Å². The number of piperidine rings is 1. The third-order valence-corrected chi connectivity index (χ3v) is 6.07. The topological polar surface area (TPSA) is 71.8 Å². The van der Waals surface area contributed by atoms with Crippen LogP contribution in [0.15, 0.2) is 47.1 Å². The highest BCUT2D eigenvalue weighted by Gasteiger charge is 2.22. The summed E-state index contributed by atoms with van der Waals surface area (Å²) in [4.78, 5) is 2.35. The van der Waals surface area contributed by atoms with Gasteiger partial charge in [-0.2, -0.15) is 0 Å². The van der Waals surface area contributed by atoms with E-state index >= 15 is 0 Å². The first-order valence-electron chi connectivity index (χ1n) is 8.89. The number of furan rings is 1. The molecular weight excluding hydrogens is 352 g/mol. The van der Waals surface area contributed by atoms with Crippen LogP contribution in [0.4, 0.5) is 0 Å². The minimum atomic E-state index is -3.35. The van der Waals surface area contributed by atoms with Gasteiger partial charge in [-0.3, -0.25) is 4.90 Å². The highest BCUT2D eigenvalue weighted by atomic mass is 32.2. The number of hydrogen-bond acceptors (Lipinski definition) is 5. The molecule has 3 rings (SSSR count). The van der Waals surface area contributed by atoms with Crippen LogP contribution in [0.25, 0.3) is 0 Å². The molecule has 0 atom stereocenters. The van der Waals surface area contributed by atoms with Gasteiger partial charge in [0.1, 0.15) is 11.5 Å². The summed E-state index contributed by atoms with van der Waals surface area (Å²) in [5.74, 6) is 1.99. The summed E-state index contributed by atoms with van der Waals surface area (Å²) in [5, 5.41) is 0. The Morgan fingerprint density at radius 3 is 2.73 bits per heavy atom. The number of nitrogens with one attached hydrogen (secondary N) is 1. The molecule has 1 aliphatic rings. The largest absolute Gasteiger partial charge is 0.497 e. The Balaban J connectivity index is 1.43. The van der Waals surface area contributed by atoms with E-state index in [9.17, 15) is 8.42 Å². The molecule has 0 bridgehead atoms. The van der Waals surface area contributed by atoms with Crippen LogP contribution in [0.1, 0.15) is 24.2 Å². The molecule has 1 aromatic carbocycles. The lowest BCUT2D eigenvalue weighted by molar-refractivity contribution is 0.168. The van der Waals surface area contributed by atoms with Gasteiger partial charge in [0.25, 0.3) is 0 Å². The first-order valence-corrected chi connectivity index (χ1v) is 10.5. The van der Waals surface area contributed by atoms with Crippen molar-refractivity contribution >= 4 is 10.0 Å². The smallest absolute Gasteiger partial charge is 0.215 e. The van der Waals surface area contributed by atoms with Crippen LogP contribution in [0, 0.1) is 5.92 Å². The zero-order valence-corrected chi connectivity index (χ0v) is 15.9. The highest BCUT2D eigenvalue weighted by molar-refractivity contribution is 7.88. The van der Waals surface area contributed by atoms with E-state index in [2.05, 4.69) is 9.62 Å². The zero-order chi connectivity index (χ0) is 18.4. The van der Waals surface area contributed by atoms with E-state index in [4.69, 9.17) is 9.15 Å². The predicted octanol–water partition coefficient (Wildman–Crippen LogP) is 2.62. The van der Waals surface area contributed by atoms with Crippen LogP contribution in [-0.2, 0) is 22.3 Å². The van der Waals surface area contributed by atoms with Crippen molar-refractivity contribution in [1.82, 2.24) is 9.62 Å². The van der Waals surface area contributed by atoms with E-state index in [1.165, 1.54) is 0 Å². The molecule has 1 aromatic heterocycles. The van der Waals surface area contributed by atoms with E-state index < -0.39 is 10.0 Å². The van der Waals surface area contributed by atoms with Crippen LogP contribution < -0.4 is 9.46 Å². The van der Waals surface area contributed by atoms with Crippen molar-refractivity contribution in [3.8, 4) is 5.75 Å². The molecule has 0 saturated carbocycles. The maximum atomic E-state index is 12.3. The van der Waals surface area contributed by atoms with Crippen LogP contribution in [0.5, 0.6) is 5.75 Å². The fourth-order valence-electron chi connectivity index (χ4n) is 3.25. The first kappa shape index (κ1) is 18.9. The molecule has 0 amide bonds. The standard InChI is InChI=1S/C19H26N2O4S/c1-24-18-5-2-4-17(12-18)15-26(22,23)20-13-16-7-9-21(10-8-16)14-19-6-3-11-25-19/h2-6,11-12,16,20H,7-10,13-15H2,1H3. The third kappa shape index (κ3) is 5.59. The second-order valence-electron chi connectivity index (χ2n) is 6.76. The van der Waals surface area contributed by atoms with Crippen molar-refractivity contribution < 1.29 is 17.6 Å². The maximum absolute atomic E-state index is 12.3. The van der Waals surface area contributed by atoms with Crippen LogP contribution >= 0.6 is 0 Å². The summed E-state index contributed by atoms with van der Waals surface area (Å²) in [7, 11) is -1.77. The molecule has 2 aromatic rings. The van der Waals surface area contributed by atoms with Gasteiger partial charge in [-0.15, -0.1) is 0 Å². The van der Waals surface area contributed by atoms with Crippen molar-refractivity contribution in [1.29, 1.82) is 0 Å². The molecule has 1 saturated heterocycles. The van der Waals surface area contributed by atoms with Gasteiger partial charge in [0.05, 0.1) is 25.7 Å². The van der Waals surface area contributed by atoms with Crippen LogP contribution in [0.3, 0.4) is 0 Å². The Kier molecular flexibility index (Phi) is 6.34. The van der Waals surface area contributed by atoms with Gasteiger partial charge in [-0.1, -0.05) is 12.1 Å². The second kappa shape index (κ2) is 8.70. The summed E-state index contributed by atoms with van der Waals surface area (Å²) in [6.45, 7) is 3.24. The summed E-state index contributed by atoms with van der Waals surface area (Å²) >= 11 is 0. The lowest BCUT2D eigenvalue weighted by Gasteiger charge is -2.31. The number of ether oxygens (including phenoxy) is 1. The monoisotopic (exact) mass is 378 g/mol. The number of methoxy groups -OCH3 is 1. The fraction of sp³-hybridized carbons (Fsp3) is 0.474. The zero-order valence-electron chi connectivity index (χ0n) is 15.1. The normalized spacial score (nSPS) is 16.7. The van der Waals surface area contributed by atoms with Gasteiger partial charge in [-0.25, -0.2) is 13.1 Å². The molecule has 0 aliphatic carbocycles. The highest BCUT2D eigenvalue weighted by Crippen LogP contribution is 2.19. The SMILES string of the molecule is COc1cccc(CS(=O)(=O)NCC2CCN(Cc3ccco3)CC2)c1. The number of nitrogens with zero attached hydrogens (tertiary/aromatic N) is 1. The van der Waals surface area contributed by atoms with E-state index in [1.54, 1.807) is 37.6 Å². The van der Waals surface area contributed by atoms with Crippen molar-refractivity contribution in [3.05, 3.63) is 54.0 Å². The number of sulfonamides is 1. The molecule has 0 spiro atoms. The minimum Gasteiger partial charge on any atom is -0.497 e. The van der Waals surface area contributed by atoms with Gasteiger partial charge in [0.2, 0.25) is 10.0 Å². The summed E-state index contributed by atoms with van der Waals surface area (Å²) < 4.78 is 38.0. The predicted molar refractivity (Wildman–Crippen MR) is 100 cm³/mol. The van der Waals surface area contributed by atoms with Gasteiger partial charge in [-0.05, 0) is 61.7 Å². The molecule has 26 heavy (non-hydrogen) atoms. The van der Waals surface area contributed by atoms with Crippen LogP contribution in [0.2, 0.25) is 0 Å². The average Bonchev–Trinajstić information content (AvgIpc) is 3.14. The Morgan fingerprint density at radius 1 is 1.23 bits per heavy atom. The second-order valence-corrected chi connectivity index (χ2v) is 8.56. The summed E-state index contributed by atoms with van der Waals surface area (Å²) in [6, 6.07) is 11.1. The minimum absolute atomic E-state index is 0.0263. The Morgan fingerprint density at radius 2 is 2.04 bits per heavy atom. The fourth-order valence-corrected chi connectivity index (χ4v) is 4.46. The molecule has 2 heterocycles. The van der Waals surface area contributed by atoms with Crippen molar-refractivity contribution in [2.45, 2.75) is 25.1 Å². The van der Waals surface area contributed by atoms with Gasteiger partial charge in [0, 0.05) is 6.54 Å². The maximum Gasteiger partial charge on any atom is 0.215 e. The van der Waals surface area contributed by atoms with E-state index in [0.717, 1.165) is 43.8 Å². The molecule has 1 N–H and O–H groups in total. The molecule has 142 valence electrons. The van der Waals surface area contributed by atoms with Crippen molar-refractivity contribution in [3.63, 3.8) is 0 Å². The Labute approximate surface area is 155 Å². The van der Waals surface area contributed by atoms with Crippen molar-refractivity contribution in [2.75, 3.05) is 26.7 Å². The van der Waals surface area contributed by atoms with Crippen LogP contribution in [-0.4, -0.2) is 40.1 Å².